The number of carboxylic acids is 1. The van der Waals surface area contributed by atoms with Crippen molar-refractivity contribution in [3.8, 4) is 0 Å². The summed E-state index contributed by atoms with van der Waals surface area (Å²) < 4.78 is 31.7. The zero-order valence-electron chi connectivity index (χ0n) is 19.2. The maximum absolute atomic E-state index is 13.2. The number of amides is 2. The standard InChI is InChI=1S/C22H29N3O3.C2HF3O2/c26-21(23-28)20-15-17(14-16-6-7-16)8-9-19(20)22(27)25-12-10-24(11-13-25)18-4-2-1-3-5-18;3-2(4,5)1(6)7/h1-5,14,16,19-20,28H,6-13,15H2,(H,23,26);(H,6,7)/t19-,20-;/m0./s1. The van der Waals surface area contributed by atoms with Gasteiger partial charge in [0.1, 0.15) is 0 Å². The fraction of sp³-hybridized carbons (Fsp3) is 0.542. The second-order valence-electron chi connectivity index (χ2n) is 9.04. The van der Waals surface area contributed by atoms with E-state index < -0.39 is 24.0 Å². The van der Waals surface area contributed by atoms with E-state index in [2.05, 4.69) is 23.1 Å². The number of anilines is 1. The maximum Gasteiger partial charge on any atom is 0.490 e. The summed E-state index contributed by atoms with van der Waals surface area (Å²) in [6, 6.07) is 10.2. The molecule has 0 unspecified atom stereocenters. The minimum atomic E-state index is -5.08. The molecule has 2 saturated carbocycles. The average Bonchev–Trinajstić information content (AvgIpc) is 3.67. The Morgan fingerprint density at radius 1 is 0.971 bits per heavy atom. The maximum atomic E-state index is 13.2. The van der Waals surface area contributed by atoms with Crippen molar-refractivity contribution in [1.82, 2.24) is 10.4 Å². The van der Waals surface area contributed by atoms with Crippen LogP contribution in [0.2, 0.25) is 0 Å². The van der Waals surface area contributed by atoms with Gasteiger partial charge in [-0.25, -0.2) is 10.3 Å². The van der Waals surface area contributed by atoms with Crippen LogP contribution in [0.5, 0.6) is 0 Å². The monoisotopic (exact) mass is 497 g/mol. The Labute approximate surface area is 201 Å². The first kappa shape index (κ1) is 26.5. The number of piperazine rings is 1. The zero-order chi connectivity index (χ0) is 25.6. The van der Waals surface area contributed by atoms with E-state index in [1.807, 2.05) is 23.1 Å². The van der Waals surface area contributed by atoms with E-state index in [9.17, 15) is 28.0 Å². The molecule has 3 fully saturated rings. The molecule has 0 spiro atoms. The number of alkyl halides is 3. The third kappa shape index (κ3) is 7.45. The first-order valence-electron chi connectivity index (χ1n) is 11.6. The number of hydrogen-bond acceptors (Lipinski definition) is 5. The average molecular weight is 498 g/mol. The highest BCUT2D eigenvalue weighted by Crippen LogP contribution is 2.39. The second kappa shape index (κ2) is 11.6. The lowest BCUT2D eigenvalue weighted by atomic mass is 9.75. The molecule has 0 radical (unpaired) electrons. The SMILES string of the molecule is O=C(NO)[C@H]1CC(=CC2CC2)CC[C@@H]1C(=O)N1CCN(c2ccccc2)CC1.O=C(O)C(F)(F)F. The van der Waals surface area contributed by atoms with Crippen LogP contribution in [-0.2, 0) is 14.4 Å². The smallest absolute Gasteiger partial charge is 0.475 e. The molecule has 3 aliphatic rings. The van der Waals surface area contributed by atoms with E-state index >= 15 is 0 Å². The van der Waals surface area contributed by atoms with E-state index in [1.54, 1.807) is 5.48 Å². The largest absolute Gasteiger partial charge is 0.490 e. The number of hydrogen-bond donors (Lipinski definition) is 3. The highest BCUT2D eigenvalue weighted by atomic mass is 19.4. The highest BCUT2D eigenvalue weighted by Gasteiger charge is 2.40. The van der Waals surface area contributed by atoms with E-state index in [-0.39, 0.29) is 11.8 Å². The molecule has 4 rings (SSSR count). The summed E-state index contributed by atoms with van der Waals surface area (Å²) in [5, 5.41) is 16.3. The highest BCUT2D eigenvalue weighted by molar-refractivity contribution is 5.88. The number of benzene rings is 1. The molecule has 3 N–H and O–H groups in total. The lowest BCUT2D eigenvalue weighted by Crippen LogP contribution is -2.52. The molecule has 0 aromatic heterocycles. The molecule has 11 heteroatoms. The fourth-order valence-corrected chi connectivity index (χ4v) is 4.53. The van der Waals surface area contributed by atoms with Crippen molar-refractivity contribution in [2.75, 3.05) is 31.1 Å². The van der Waals surface area contributed by atoms with Gasteiger partial charge in [0.2, 0.25) is 11.8 Å². The molecule has 0 bridgehead atoms. The zero-order valence-corrected chi connectivity index (χ0v) is 19.2. The van der Waals surface area contributed by atoms with Gasteiger partial charge in [0, 0.05) is 31.9 Å². The van der Waals surface area contributed by atoms with E-state index in [4.69, 9.17) is 9.90 Å². The number of nitrogens with one attached hydrogen (secondary N) is 1. The Balaban J connectivity index is 0.000000429. The summed E-state index contributed by atoms with van der Waals surface area (Å²) >= 11 is 0. The van der Waals surface area contributed by atoms with Gasteiger partial charge in [0.15, 0.2) is 0 Å². The van der Waals surface area contributed by atoms with Crippen molar-refractivity contribution in [2.45, 2.75) is 38.3 Å². The molecular formula is C24H30F3N3O5. The number of carbonyl (C=O) groups is 3. The van der Waals surface area contributed by atoms with Crippen LogP contribution in [0.25, 0.3) is 0 Å². The number of carboxylic acid groups (broad SMARTS) is 1. The van der Waals surface area contributed by atoms with Crippen LogP contribution < -0.4 is 10.4 Å². The fourth-order valence-electron chi connectivity index (χ4n) is 4.53. The number of halogens is 3. The van der Waals surface area contributed by atoms with Crippen molar-refractivity contribution >= 4 is 23.5 Å². The number of rotatable bonds is 4. The Bertz CT molecular complexity index is 926. The Morgan fingerprint density at radius 2 is 1.57 bits per heavy atom. The normalized spacial score (nSPS) is 23.8. The van der Waals surface area contributed by atoms with Crippen LogP contribution in [0.4, 0.5) is 18.9 Å². The summed E-state index contributed by atoms with van der Waals surface area (Å²) in [5.41, 5.74) is 4.25. The van der Waals surface area contributed by atoms with Crippen molar-refractivity contribution in [3.05, 3.63) is 42.0 Å². The summed E-state index contributed by atoms with van der Waals surface area (Å²) in [4.78, 5) is 38.6. The van der Waals surface area contributed by atoms with Crippen LogP contribution >= 0.6 is 0 Å². The number of para-hydroxylation sites is 1. The van der Waals surface area contributed by atoms with Gasteiger partial charge in [-0.05, 0) is 50.2 Å². The van der Waals surface area contributed by atoms with Gasteiger partial charge in [0.05, 0.1) is 11.8 Å². The van der Waals surface area contributed by atoms with Gasteiger partial charge in [0.25, 0.3) is 0 Å². The summed E-state index contributed by atoms with van der Waals surface area (Å²) in [6.45, 7) is 2.93. The number of carbonyl (C=O) groups excluding carboxylic acids is 2. The predicted molar refractivity (Wildman–Crippen MR) is 120 cm³/mol. The predicted octanol–water partition coefficient (Wildman–Crippen LogP) is 3.23. The quantitative estimate of drug-likeness (QED) is 0.335. The Morgan fingerprint density at radius 3 is 2.09 bits per heavy atom. The van der Waals surface area contributed by atoms with Crippen LogP contribution in [0.1, 0.15) is 32.1 Å². The molecule has 1 aromatic rings. The molecule has 2 atom stereocenters. The molecule has 8 nitrogen and oxygen atoms in total. The lowest BCUT2D eigenvalue weighted by Gasteiger charge is -2.40. The molecule has 192 valence electrons. The van der Waals surface area contributed by atoms with Crippen LogP contribution in [-0.4, -0.2) is 65.4 Å². The minimum Gasteiger partial charge on any atom is -0.475 e. The van der Waals surface area contributed by atoms with Crippen LogP contribution in [0.3, 0.4) is 0 Å². The van der Waals surface area contributed by atoms with Gasteiger partial charge >= 0.3 is 12.1 Å². The van der Waals surface area contributed by atoms with Crippen LogP contribution in [0, 0.1) is 17.8 Å². The number of hydroxylamine groups is 1. The van der Waals surface area contributed by atoms with Gasteiger partial charge in [-0.1, -0.05) is 29.8 Å². The molecule has 1 heterocycles. The van der Waals surface area contributed by atoms with Gasteiger partial charge in [-0.2, -0.15) is 13.2 Å². The van der Waals surface area contributed by atoms with Crippen molar-refractivity contribution in [3.63, 3.8) is 0 Å². The molecule has 2 amide bonds. The number of nitrogens with zero attached hydrogens (tertiary/aromatic N) is 2. The third-order valence-electron chi connectivity index (χ3n) is 6.56. The molecule has 2 aliphatic carbocycles. The van der Waals surface area contributed by atoms with Gasteiger partial charge < -0.3 is 14.9 Å². The van der Waals surface area contributed by atoms with Crippen LogP contribution in [0.15, 0.2) is 42.0 Å². The topological polar surface area (TPSA) is 110 Å². The Kier molecular flexibility index (Phi) is 8.76. The van der Waals surface area contributed by atoms with Gasteiger partial charge in [-0.3, -0.25) is 14.8 Å². The van der Waals surface area contributed by atoms with Crippen molar-refractivity contribution in [1.29, 1.82) is 0 Å². The van der Waals surface area contributed by atoms with E-state index in [0.717, 1.165) is 19.5 Å². The molecule has 1 aromatic carbocycles. The van der Waals surface area contributed by atoms with Gasteiger partial charge in [-0.15, -0.1) is 0 Å². The van der Waals surface area contributed by atoms with Crippen molar-refractivity contribution in [2.24, 2.45) is 17.8 Å². The van der Waals surface area contributed by atoms with Crippen molar-refractivity contribution < 1.29 is 37.9 Å². The number of aliphatic carboxylic acids is 1. The first-order chi connectivity index (χ1) is 16.6. The minimum absolute atomic E-state index is 0.0618. The molecule has 1 aliphatic heterocycles. The van der Waals surface area contributed by atoms with E-state index in [0.29, 0.717) is 31.8 Å². The summed E-state index contributed by atoms with van der Waals surface area (Å²) in [6.07, 6.45) is 1.82. The Hall–Kier alpha value is -3.08. The lowest BCUT2D eigenvalue weighted by molar-refractivity contribution is -0.192. The number of allylic oxidation sites excluding steroid dienone is 2. The molecule has 1 saturated heterocycles. The first-order valence-corrected chi connectivity index (χ1v) is 11.6. The second-order valence-corrected chi connectivity index (χ2v) is 9.04. The summed E-state index contributed by atoms with van der Waals surface area (Å²) in [7, 11) is 0. The third-order valence-corrected chi connectivity index (χ3v) is 6.56. The summed E-state index contributed by atoms with van der Waals surface area (Å²) in [5.74, 6) is -3.27. The molecule has 35 heavy (non-hydrogen) atoms. The molecular weight excluding hydrogens is 467 g/mol. The van der Waals surface area contributed by atoms with E-state index in [1.165, 1.54) is 24.1 Å².